The smallest absolute Gasteiger partial charge is 0.0432 e. The van der Waals surface area contributed by atoms with E-state index in [-0.39, 0.29) is 0 Å². The number of nitrogens with one attached hydrogen (secondary N) is 1. The second-order valence-corrected chi connectivity index (χ2v) is 4.48. The predicted molar refractivity (Wildman–Crippen MR) is 64.7 cm³/mol. The highest BCUT2D eigenvalue weighted by molar-refractivity contribution is 5.72. The summed E-state index contributed by atoms with van der Waals surface area (Å²) >= 11 is 0. The van der Waals surface area contributed by atoms with Crippen LogP contribution in [0.5, 0.6) is 0 Å². The molecule has 1 aromatic heterocycles. The molecule has 0 amide bonds. The summed E-state index contributed by atoms with van der Waals surface area (Å²) in [7, 11) is 0. The van der Waals surface area contributed by atoms with Crippen LogP contribution in [-0.4, -0.2) is 17.6 Å². The first-order chi connectivity index (χ1) is 7.88. The largest absolute Gasteiger partial charge is 0.310 e. The van der Waals surface area contributed by atoms with Gasteiger partial charge in [0.25, 0.3) is 0 Å². The molecule has 2 heteroatoms. The highest BCUT2D eigenvalue weighted by Gasteiger charge is 2.33. The van der Waals surface area contributed by atoms with E-state index < -0.39 is 0 Å². The molecule has 1 aliphatic heterocycles. The van der Waals surface area contributed by atoms with E-state index in [9.17, 15) is 0 Å². The number of fused-ring (bicyclic) bond motifs is 1. The second-order valence-electron chi connectivity index (χ2n) is 4.48. The number of pyridine rings is 1. The Morgan fingerprint density at radius 3 is 3.25 bits per heavy atom. The molecule has 0 saturated carbocycles. The Hall–Kier alpha value is -1.59. The topological polar surface area (TPSA) is 24.9 Å². The normalized spacial score (nSPS) is 27.3. The molecule has 2 nitrogen and oxygen atoms in total. The van der Waals surface area contributed by atoms with Gasteiger partial charge in [-0.1, -0.05) is 12.0 Å². The van der Waals surface area contributed by atoms with E-state index in [1.54, 1.807) is 6.20 Å². The van der Waals surface area contributed by atoms with Crippen molar-refractivity contribution in [2.75, 3.05) is 6.54 Å². The fraction of sp³-hybridized carbons (Fsp3) is 0.357. The number of aromatic nitrogens is 1. The lowest BCUT2D eigenvalue weighted by molar-refractivity contribution is 0.557. The Labute approximate surface area is 95.8 Å². The minimum atomic E-state index is 0.523. The summed E-state index contributed by atoms with van der Waals surface area (Å²) in [5.74, 6) is 3.42. The molecule has 0 bridgehead atoms. The maximum absolute atomic E-state index is 5.40. The molecule has 0 unspecified atom stereocenters. The Morgan fingerprint density at radius 2 is 2.38 bits per heavy atom. The zero-order valence-corrected chi connectivity index (χ0v) is 9.11. The molecule has 1 aliphatic carbocycles. The average Bonchev–Trinajstić information content (AvgIpc) is 2.90. The third kappa shape index (κ3) is 1.45. The molecule has 1 aromatic rings. The van der Waals surface area contributed by atoms with Crippen molar-refractivity contribution in [1.29, 1.82) is 0 Å². The van der Waals surface area contributed by atoms with Crippen molar-refractivity contribution in [3.8, 4) is 12.3 Å². The number of hydrogen-bond acceptors (Lipinski definition) is 2. The molecule has 0 aromatic carbocycles. The van der Waals surface area contributed by atoms with Crippen LogP contribution in [0.2, 0.25) is 0 Å². The molecule has 0 radical (unpaired) electrons. The van der Waals surface area contributed by atoms with E-state index in [4.69, 9.17) is 6.42 Å². The molecule has 2 heterocycles. The molecule has 3 rings (SSSR count). The van der Waals surface area contributed by atoms with Crippen molar-refractivity contribution in [2.24, 2.45) is 5.92 Å². The van der Waals surface area contributed by atoms with Gasteiger partial charge in [-0.3, -0.25) is 4.98 Å². The lowest BCUT2D eigenvalue weighted by atomic mass is 9.96. The van der Waals surface area contributed by atoms with Crippen LogP contribution < -0.4 is 5.32 Å². The first kappa shape index (κ1) is 9.62. The SMILES string of the molecule is C#Cc1cncc(C2=CC[C@H]3CCN[C@@H]23)c1. The number of allylic oxidation sites excluding steroid dienone is 1. The standard InChI is InChI=1S/C14H14N2/c1-2-10-7-12(9-15-8-10)13-4-3-11-5-6-16-14(11)13/h1,4,7-9,11,14,16H,3,5-6H2/t11-,14+/m0/s1. The zero-order chi connectivity index (χ0) is 11.0. The van der Waals surface area contributed by atoms with Crippen LogP contribution in [0.25, 0.3) is 5.57 Å². The van der Waals surface area contributed by atoms with Crippen molar-refractivity contribution >= 4 is 5.57 Å². The van der Waals surface area contributed by atoms with Gasteiger partial charge >= 0.3 is 0 Å². The van der Waals surface area contributed by atoms with Crippen molar-refractivity contribution in [1.82, 2.24) is 10.3 Å². The number of terminal acetylenes is 1. The molecule has 1 saturated heterocycles. The van der Waals surface area contributed by atoms with E-state index in [0.29, 0.717) is 6.04 Å². The van der Waals surface area contributed by atoms with Gasteiger partial charge in [0.15, 0.2) is 0 Å². The van der Waals surface area contributed by atoms with E-state index in [1.807, 2.05) is 6.20 Å². The molecule has 2 aliphatic rings. The van der Waals surface area contributed by atoms with Gasteiger partial charge in [0, 0.05) is 24.0 Å². The third-order valence-electron chi connectivity index (χ3n) is 3.56. The first-order valence-electron chi connectivity index (χ1n) is 5.74. The third-order valence-corrected chi connectivity index (χ3v) is 3.56. The quantitative estimate of drug-likeness (QED) is 0.715. The fourth-order valence-electron chi connectivity index (χ4n) is 2.75. The van der Waals surface area contributed by atoms with E-state index in [2.05, 4.69) is 28.4 Å². The predicted octanol–water partition coefficient (Wildman–Crippen LogP) is 1.83. The summed E-state index contributed by atoms with van der Waals surface area (Å²) in [6, 6.07) is 2.58. The summed E-state index contributed by atoms with van der Waals surface area (Å²) in [5.41, 5.74) is 3.42. The van der Waals surface area contributed by atoms with Gasteiger partial charge in [0.2, 0.25) is 0 Å². The molecule has 1 N–H and O–H groups in total. The molecular weight excluding hydrogens is 196 g/mol. The van der Waals surface area contributed by atoms with Crippen LogP contribution in [0.3, 0.4) is 0 Å². The average molecular weight is 210 g/mol. The van der Waals surface area contributed by atoms with Gasteiger partial charge in [0.1, 0.15) is 0 Å². The Balaban J connectivity index is 1.95. The van der Waals surface area contributed by atoms with Gasteiger partial charge in [-0.25, -0.2) is 0 Å². The lowest BCUT2D eigenvalue weighted by Crippen LogP contribution is -2.24. The van der Waals surface area contributed by atoms with Crippen LogP contribution in [0.1, 0.15) is 24.0 Å². The van der Waals surface area contributed by atoms with E-state index in [0.717, 1.165) is 18.0 Å². The zero-order valence-electron chi connectivity index (χ0n) is 9.11. The summed E-state index contributed by atoms with van der Waals surface area (Å²) in [5, 5.41) is 3.56. The van der Waals surface area contributed by atoms with E-state index >= 15 is 0 Å². The van der Waals surface area contributed by atoms with Gasteiger partial charge in [-0.15, -0.1) is 6.42 Å². The monoisotopic (exact) mass is 210 g/mol. The Kier molecular flexibility index (Phi) is 2.27. The Bertz CT molecular complexity index is 482. The van der Waals surface area contributed by atoms with E-state index in [1.165, 1.54) is 24.0 Å². The molecule has 1 fully saturated rings. The highest BCUT2D eigenvalue weighted by Crippen LogP contribution is 2.37. The summed E-state index contributed by atoms with van der Waals surface area (Å²) in [6.45, 7) is 1.13. The second kappa shape index (κ2) is 3.77. The minimum Gasteiger partial charge on any atom is -0.310 e. The number of nitrogens with zero attached hydrogens (tertiary/aromatic N) is 1. The number of hydrogen-bond donors (Lipinski definition) is 1. The first-order valence-corrected chi connectivity index (χ1v) is 5.74. The van der Waals surface area contributed by atoms with Crippen LogP contribution in [0.15, 0.2) is 24.5 Å². The molecule has 0 spiro atoms. The molecule has 80 valence electrons. The van der Waals surface area contributed by atoms with Gasteiger partial charge < -0.3 is 5.32 Å². The highest BCUT2D eigenvalue weighted by atomic mass is 15.0. The van der Waals surface area contributed by atoms with Gasteiger partial charge in [-0.2, -0.15) is 0 Å². The summed E-state index contributed by atoms with van der Waals surface area (Å²) in [6.07, 6.45) is 13.9. The van der Waals surface area contributed by atoms with Gasteiger partial charge in [0.05, 0.1) is 0 Å². The minimum absolute atomic E-state index is 0.523. The van der Waals surface area contributed by atoms with Crippen molar-refractivity contribution in [2.45, 2.75) is 18.9 Å². The maximum Gasteiger partial charge on any atom is 0.0432 e. The summed E-state index contributed by atoms with van der Waals surface area (Å²) in [4.78, 5) is 4.20. The lowest BCUT2D eigenvalue weighted by Gasteiger charge is -2.14. The molecule has 2 atom stereocenters. The van der Waals surface area contributed by atoms with Crippen LogP contribution in [0.4, 0.5) is 0 Å². The van der Waals surface area contributed by atoms with Crippen LogP contribution in [0, 0.1) is 18.3 Å². The fourth-order valence-corrected chi connectivity index (χ4v) is 2.75. The molecule has 16 heavy (non-hydrogen) atoms. The van der Waals surface area contributed by atoms with Crippen molar-refractivity contribution in [3.05, 3.63) is 35.7 Å². The maximum atomic E-state index is 5.40. The van der Waals surface area contributed by atoms with Crippen molar-refractivity contribution in [3.63, 3.8) is 0 Å². The van der Waals surface area contributed by atoms with Crippen LogP contribution >= 0.6 is 0 Å². The van der Waals surface area contributed by atoms with Crippen molar-refractivity contribution < 1.29 is 0 Å². The summed E-state index contributed by atoms with van der Waals surface area (Å²) < 4.78 is 0. The van der Waals surface area contributed by atoms with Gasteiger partial charge in [-0.05, 0) is 42.5 Å². The Morgan fingerprint density at radius 1 is 1.44 bits per heavy atom. The van der Waals surface area contributed by atoms with Crippen LogP contribution in [-0.2, 0) is 0 Å². The molecular formula is C14H14N2. The number of rotatable bonds is 1.